The second-order valence-electron chi connectivity index (χ2n) is 5.64. The number of hydrogen-bond donors (Lipinski definition) is 2. The zero-order valence-corrected chi connectivity index (χ0v) is 11.6. The summed E-state index contributed by atoms with van der Waals surface area (Å²) in [6, 6.07) is 3.68. The van der Waals surface area contributed by atoms with E-state index in [0.29, 0.717) is 13.1 Å². The van der Waals surface area contributed by atoms with Crippen LogP contribution in [0.4, 0.5) is 0 Å². The Labute approximate surface area is 113 Å². The molecule has 0 aromatic carbocycles. The van der Waals surface area contributed by atoms with Crippen molar-refractivity contribution >= 4 is 5.91 Å². The van der Waals surface area contributed by atoms with E-state index in [9.17, 15) is 9.90 Å². The molecule has 0 saturated carbocycles. The Morgan fingerprint density at radius 2 is 2.42 bits per heavy atom. The topological polar surface area (TPSA) is 65.7 Å². The molecule has 5 nitrogen and oxygen atoms in total. The molecule has 1 atom stereocenters. The van der Waals surface area contributed by atoms with Crippen molar-refractivity contribution in [1.29, 1.82) is 0 Å². The first-order chi connectivity index (χ1) is 8.97. The van der Waals surface area contributed by atoms with Gasteiger partial charge in [-0.2, -0.15) is 0 Å². The molecule has 2 rings (SSSR count). The van der Waals surface area contributed by atoms with E-state index in [1.807, 2.05) is 6.07 Å². The van der Waals surface area contributed by atoms with E-state index >= 15 is 0 Å². The normalized spacial score (nSPS) is 20.7. The van der Waals surface area contributed by atoms with Crippen molar-refractivity contribution in [2.45, 2.75) is 44.9 Å². The highest BCUT2D eigenvalue weighted by molar-refractivity contribution is 5.78. The largest absolute Gasteiger partial charge is 0.467 e. The lowest BCUT2D eigenvalue weighted by molar-refractivity contribution is -0.123. The van der Waals surface area contributed by atoms with Crippen molar-refractivity contribution in [3.05, 3.63) is 24.2 Å². The van der Waals surface area contributed by atoms with E-state index in [1.54, 1.807) is 26.2 Å². The number of aliphatic hydroxyl groups is 1. The van der Waals surface area contributed by atoms with Crippen LogP contribution in [0, 0.1) is 0 Å². The first kappa shape index (κ1) is 14.1. The molecule has 1 aromatic heterocycles. The van der Waals surface area contributed by atoms with Crippen molar-refractivity contribution in [2.75, 3.05) is 13.1 Å². The minimum Gasteiger partial charge on any atom is -0.467 e. The van der Waals surface area contributed by atoms with Gasteiger partial charge < -0.3 is 14.8 Å². The van der Waals surface area contributed by atoms with Crippen molar-refractivity contribution in [3.63, 3.8) is 0 Å². The smallest absolute Gasteiger partial charge is 0.234 e. The molecular weight excluding hydrogens is 244 g/mol. The molecule has 0 spiro atoms. The van der Waals surface area contributed by atoms with Crippen LogP contribution in [0.15, 0.2) is 22.8 Å². The molecule has 1 saturated heterocycles. The van der Waals surface area contributed by atoms with Crippen LogP contribution in [0.25, 0.3) is 0 Å². The molecular formula is C14H22N2O3. The number of hydrogen-bond acceptors (Lipinski definition) is 4. The fourth-order valence-electron chi connectivity index (χ4n) is 2.65. The third-order valence-electron chi connectivity index (χ3n) is 3.57. The van der Waals surface area contributed by atoms with Crippen LogP contribution >= 0.6 is 0 Å². The average molecular weight is 266 g/mol. The van der Waals surface area contributed by atoms with E-state index in [-0.39, 0.29) is 11.9 Å². The van der Waals surface area contributed by atoms with Gasteiger partial charge in [0.05, 0.1) is 25.0 Å². The highest BCUT2D eigenvalue weighted by Gasteiger charge is 2.36. The quantitative estimate of drug-likeness (QED) is 0.838. The van der Waals surface area contributed by atoms with Crippen molar-refractivity contribution < 1.29 is 14.3 Å². The van der Waals surface area contributed by atoms with Crippen LogP contribution in [0.2, 0.25) is 0 Å². The molecule has 1 unspecified atom stereocenters. The lowest BCUT2D eigenvalue weighted by Crippen LogP contribution is -2.48. The zero-order valence-electron chi connectivity index (χ0n) is 11.6. The van der Waals surface area contributed by atoms with Crippen LogP contribution in [-0.2, 0) is 11.3 Å². The maximum Gasteiger partial charge on any atom is 0.234 e. The Balaban J connectivity index is 1.81. The molecule has 1 aliphatic heterocycles. The van der Waals surface area contributed by atoms with Gasteiger partial charge in [0.15, 0.2) is 0 Å². The Morgan fingerprint density at radius 1 is 1.63 bits per heavy atom. The van der Waals surface area contributed by atoms with E-state index < -0.39 is 5.60 Å². The first-order valence-corrected chi connectivity index (χ1v) is 6.72. The maximum atomic E-state index is 11.9. The summed E-state index contributed by atoms with van der Waals surface area (Å²) in [5.41, 5.74) is -0.766. The van der Waals surface area contributed by atoms with Gasteiger partial charge in [-0.05, 0) is 45.4 Å². The number of amides is 1. The predicted molar refractivity (Wildman–Crippen MR) is 71.4 cm³/mol. The lowest BCUT2D eigenvalue weighted by Gasteiger charge is -2.33. The molecule has 106 valence electrons. The summed E-state index contributed by atoms with van der Waals surface area (Å²) in [6.45, 7) is 5.21. The maximum absolute atomic E-state index is 11.9. The Hall–Kier alpha value is -1.33. The molecule has 2 heterocycles. The second-order valence-corrected chi connectivity index (χ2v) is 5.64. The fraction of sp³-hybridized carbons (Fsp3) is 0.643. The molecule has 0 radical (unpaired) electrons. The lowest BCUT2D eigenvalue weighted by atomic mass is 9.97. The molecule has 19 heavy (non-hydrogen) atoms. The minimum atomic E-state index is -0.766. The molecule has 5 heteroatoms. The Bertz CT molecular complexity index is 409. The van der Waals surface area contributed by atoms with Crippen LogP contribution in [0.3, 0.4) is 0 Å². The van der Waals surface area contributed by atoms with Gasteiger partial charge in [-0.15, -0.1) is 0 Å². The van der Waals surface area contributed by atoms with Gasteiger partial charge in [0.25, 0.3) is 0 Å². The summed E-state index contributed by atoms with van der Waals surface area (Å²) in [5, 5.41) is 12.9. The van der Waals surface area contributed by atoms with Gasteiger partial charge in [-0.1, -0.05) is 0 Å². The van der Waals surface area contributed by atoms with E-state index in [4.69, 9.17) is 4.42 Å². The minimum absolute atomic E-state index is 0.0347. The number of nitrogens with one attached hydrogen (secondary N) is 1. The van der Waals surface area contributed by atoms with Crippen LogP contribution in [0.1, 0.15) is 32.4 Å². The van der Waals surface area contributed by atoms with E-state index in [0.717, 1.165) is 25.1 Å². The van der Waals surface area contributed by atoms with Gasteiger partial charge in [-0.3, -0.25) is 9.69 Å². The van der Waals surface area contributed by atoms with Crippen LogP contribution < -0.4 is 5.32 Å². The number of carbonyl (C=O) groups is 1. The first-order valence-electron chi connectivity index (χ1n) is 6.72. The highest BCUT2D eigenvalue weighted by atomic mass is 16.3. The third-order valence-corrected chi connectivity index (χ3v) is 3.57. The fourth-order valence-corrected chi connectivity index (χ4v) is 2.65. The summed E-state index contributed by atoms with van der Waals surface area (Å²) >= 11 is 0. The van der Waals surface area contributed by atoms with Gasteiger partial charge in [0, 0.05) is 6.04 Å². The summed E-state index contributed by atoms with van der Waals surface area (Å²) in [7, 11) is 0. The molecule has 0 aliphatic carbocycles. The number of rotatable bonds is 5. The van der Waals surface area contributed by atoms with Crippen molar-refractivity contribution in [1.82, 2.24) is 10.2 Å². The second kappa shape index (κ2) is 5.75. The number of likely N-dealkylation sites (tertiary alicyclic amines) is 1. The Kier molecular flexibility index (Phi) is 4.27. The van der Waals surface area contributed by atoms with Gasteiger partial charge >= 0.3 is 0 Å². The van der Waals surface area contributed by atoms with Gasteiger partial charge in [0.1, 0.15) is 5.76 Å². The summed E-state index contributed by atoms with van der Waals surface area (Å²) in [5.74, 6) is 0.710. The third kappa shape index (κ3) is 3.81. The predicted octanol–water partition coefficient (Wildman–Crippen LogP) is 1.13. The molecule has 1 aliphatic rings. The highest BCUT2D eigenvalue weighted by Crippen LogP contribution is 2.26. The molecule has 0 bridgehead atoms. The van der Waals surface area contributed by atoms with Crippen LogP contribution in [-0.4, -0.2) is 40.6 Å². The van der Waals surface area contributed by atoms with Gasteiger partial charge in [-0.25, -0.2) is 0 Å². The van der Waals surface area contributed by atoms with Gasteiger partial charge in [0.2, 0.25) is 5.91 Å². The zero-order chi connectivity index (χ0) is 13.9. The Morgan fingerprint density at radius 3 is 3.05 bits per heavy atom. The van der Waals surface area contributed by atoms with Crippen LogP contribution in [0.5, 0.6) is 0 Å². The molecule has 1 aromatic rings. The monoisotopic (exact) mass is 266 g/mol. The SMILES string of the molecule is CC(C)(O)C1CCCN1CC(=O)NCc1ccco1. The molecule has 1 fully saturated rings. The summed E-state index contributed by atoms with van der Waals surface area (Å²) in [6.07, 6.45) is 3.56. The summed E-state index contributed by atoms with van der Waals surface area (Å²) < 4.78 is 5.16. The van der Waals surface area contributed by atoms with Crippen molar-refractivity contribution in [3.8, 4) is 0 Å². The average Bonchev–Trinajstić information content (AvgIpc) is 2.95. The van der Waals surface area contributed by atoms with E-state index in [2.05, 4.69) is 10.2 Å². The summed E-state index contributed by atoms with van der Waals surface area (Å²) in [4.78, 5) is 13.9. The molecule has 1 amide bonds. The molecule has 2 N–H and O–H groups in total. The van der Waals surface area contributed by atoms with E-state index in [1.165, 1.54) is 0 Å². The standard InChI is InChI=1S/C14H22N2O3/c1-14(2,18)12-6-3-7-16(12)10-13(17)15-9-11-5-4-8-19-11/h4-5,8,12,18H,3,6-7,9-10H2,1-2H3,(H,15,17). The van der Waals surface area contributed by atoms with Crippen molar-refractivity contribution in [2.24, 2.45) is 0 Å². The number of nitrogens with zero attached hydrogens (tertiary/aromatic N) is 1. The number of furan rings is 1. The number of carbonyl (C=O) groups excluding carboxylic acids is 1.